The smallest absolute Gasteiger partial charge is 0.237 e. The van der Waals surface area contributed by atoms with Gasteiger partial charge in [0.05, 0.1) is 5.69 Å². The molecule has 0 radical (unpaired) electrons. The number of benzene rings is 1. The lowest BCUT2D eigenvalue weighted by atomic mass is 9.85. The molecule has 1 aliphatic heterocycles. The lowest BCUT2D eigenvalue weighted by molar-refractivity contribution is -0.122. The number of carbonyl (C=O) groups is 2. The summed E-state index contributed by atoms with van der Waals surface area (Å²) in [4.78, 5) is 25.4. The first-order valence-corrected chi connectivity index (χ1v) is 6.28. The van der Waals surface area contributed by atoms with Gasteiger partial charge in [0.25, 0.3) is 0 Å². The van der Waals surface area contributed by atoms with Gasteiger partial charge in [-0.1, -0.05) is 45.9 Å². The van der Waals surface area contributed by atoms with Gasteiger partial charge >= 0.3 is 0 Å². The predicted molar refractivity (Wildman–Crippen MR) is 71.4 cm³/mol. The highest BCUT2D eigenvalue weighted by Crippen LogP contribution is 2.35. The maximum atomic E-state index is 12.1. The van der Waals surface area contributed by atoms with Crippen LogP contribution in [0.4, 0.5) is 5.69 Å². The number of amides is 2. The number of imide groups is 1. The quantitative estimate of drug-likeness (QED) is 0.713. The highest BCUT2D eigenvalue weighted by molar-refractivity contribution is 6.21. The fourth-order valence-electron chi connectivity index (χ4n) is 2.34. The Kier molecular flexibility index (Phi) is 3.01. The van der Waals surface area contributed by atoms with Gasteiger partial charge < -0.3 is 0 Å². The summed E-state index contributed by atoms with van der Waals surface area (Å²) < 4.78 is 0. The maximum absolute atomic E-state index is 12.1. The molecular formula is C15H19NO2. The molecule has 1 aliphatic rings. The second kappa shape index (κ2) is 4.23. The summed E-state index contributed by atoms with van der Waals surface area (Å²) in [6.07, 6.45) is 0.317. The van der Waals surface area contributed by atoms with Crippen LogP contribution in [0.25, 0.3) is 0 Å². The molecule has 0 saturated carbocycles. The summed E-state index contributed by atoms with van der Waals surface area (Å²) >= 11 is 0. The topological polar surface area (TPSA) is 37.4 Å². The van der Waals surface area contributed by atoms with Crippen molar-refractivity contribution in [3.63, 3.8) is 0 Å². The minimum absolute atomic E-state index is 0.0864. The first kappa shape index (κ1) is 12.8. The molecule has 1 fully saturated rings. The predicted octanol–water partition coefficient (Wildman–Crippen LogP) is 2.88. The molecule has 3 nitrogen and oxygen atoms in total. The second-order valence-electron chi connectivity index (χ2n) is 5.94. The van der Waals surface area contributed by atoms with Crippen LogP contribution < -0.4 is 4.90 Å². The summed E-state index contributed by atoms with van der Waals surface area (Å²) in [5, 5.41) is 0. The van der Waals surface area contributed by atoms with Crippen molar-refractivity contribution in [3.8, 4) is 0 Å². The second-order valence-corrected chi connectivity index (χ2v) is 5.94. The molecule has 1 heterocycles. The third kappa shape index (κ3) is 2.05. The molecule has 0 aliphatic carbocycles. The number of anilines is 1. The minimum Gasteiger partial charge on any atom is -0.274 e. The molecular weight excluding hydrogens is 226 g/mol. The van der Waals surface area contributed by atoms with E-state index in [0.717, 1.165) is 11.3 Å². The van der Waals surface area contributed by atoms with Gasteiger partial charge in [-0.2, -0.15) is 0 Å². The van der Waals surface area contributed by atoms with E-state index in [-0.39, 0.29) is 23.1 Å². The lowest BCUT2D eigenvalue weighted by Gasteiger charge is -2.26. The molecule has 2 rings (SSSR count). The third-order valence-electron chi connectivity index (χ3n) is 3.33. The van der Waals surface area contributed by atoms with E-state index in [1.54, 1.807) is 6.92 Å². The van der Waals surface area contributed by atoms with Crippen LogP contribution in [-0.4, -0.2) is 11.8 Å². The molecule has 1 saturated heterocycles. The van der Waals surface area contributed by atoms with Gasteiger partial charge in [-0.3, -0.25) is 14.5 Å². The van der Waals surface area contributed by atoms with Crippen molar-refractivity contribution < 1.29 is 9.59 Å². The third-order valence-corrected chi connectivity index (χ3v) is 3.33. The minimum atomic E-state index is -0.203. The van der Waals surface area contributed by atoms with Crippen molar-refractivity contribution in [2.24, 2.45) is 5.92 Å². The first-order valence-electron chi connectivity index (χ1n) is 6.28. The SMILES string of the molecule is C[C@H]1CC(=O)N(c2ccccc2C(C)(C)C)C1=O. The van der Waals surface area contributed by atoms with Crippen molar-refractivity contribution in [3.05, 3.63) is 29.8 Å². The van der Waals surface area contributed by atoms with Crippen LogP contribution in [0.1, 0.15) is 39.7 Å². The molecule has 2 amide bonds. The molecule has 0 N–H and O–H groups in total. The van der Waals surface area contributed by atoms with Gasteiger partial charge in [0.15, 0.2) is 0 Å². The maximum Gasteiger partial charge on any atom is 0.237 e. The highest BCUT2D eigenvalue weighted by Gasteiger charge is 2.38. The van der Waals surface area contributed by atoms with Crippen LogP contribution >= 0.6 is 0 Å². The van der Waals surface area contributed by atoms with Gasteiger partial charge in [-0.15, -0.1) is 0 Å². The van der Waals surface area contributed by atoms with E-state index in [0.29, 0.717) is 6.42 Å². The van der Waals surface area contributed by atoms with Gasteiger partial charge in [0.2, 0.25) is 11.8 Å². The summed E-state index contributed by atoms with van der Waals surface area (Å²) in [6, 6.07) is 7.65. The fraction of sp³-hybridized carbons (Fsp3) is 0.467. The zero-order valence-corrected chi connectivity index (χ0v) is 11.4. The summed E-state index contributed by atoms with van der Waals surface area (Å²) in [6.45, 7) is 8.06. The Morgan fingerprint density at radius 2 is 1.78 bits per heavy atom. The van der Waals surface area contributed by atoms with Gasteiger partial charge in [0, 0.05) is 12.3 Å². The molecule has 1 aromatic rings. The van der Waals surface area contributed by atoms with Crippen LogP contribution in [0.15, 0.2) is 24.3 Å². The van der Waals surface area contributed by atoms with Gasteiger partial charge in [0.1, 0.15) is 0 Å². The Balaban J connectivity index is 2.52. The number of carbonyl (C=O) groups excluding carboxylic acids is 2. The Morgan fingerprint density at radius 3 is 2.28 bits per heavy atom. The number of para-hydroxylation sites is 1. The summed E-state index contributed by atoms with van der Waals surface area (Å²) in [7, 11) is 0. The molecule has 0 spiro atoms. The molecule has 18 heavy (non-hydrogen) atoms. The molecule has 0 aromatic heterocycles. The van der Waals surface area contributed by atoms with Crippen molar-refractivity contribution in [2.75, 3.05) is 4.90 Å². The van der Waals surface area contributed by atoms with E-state index in [2.05, 4.69) is 20.8 Å². The number of rotatable bonds is 1. The molecule has 1 aromatic carbocycles. The van der Waals surface area contributed by atoms with E-state index < -0.39 is 0 Å². The lowest BCUT2D eigenvalue weighted by Crippen LogP contribution is -2.32. The number of nitrogens with zero attached hydrogens (tertiary/aromatic N) is 1. The van der Waals surface area contributed by atoms with Crippen LogP contribution in [0.3, 0.4) is 0 Å². The van der Waals surface area contributed by atoms with Gasteiger partial charge in [-0.25, -0.2) is 0 Å². The van der Waals surface area contributed by atoms with Crippen LogP contribution in [0.2, 0.25) is 0 Å². The molecule has 0 bridgehead atoms. The van der Waals surface area contributed by atoms with E-state index in [1.165, 1.54) is 4.90 Å². The van der Waals surface area contributed by atoms with E-state index in [9.17, 15) is 9.59 Å². The largest absolute Gasteiger partial charge is 0.274 e. The summed E-state index contributed by atoms with van der Waals surface area (Å²) in [5.74, 6) is -0.383. The highest BCUT2D eigenvalue weighted by atomic mass is 16.2. The first-order chi connectivity index (χ1) is 8.32. The molecule has 3 heteroatoms. The van der Waals surface area contributed by atoms with Crippen LogP contribution in [0, 0.1) is 5.92 Å². The van der Waals surface area contributed by atoms with E-state index >= 15 is 0 Å². The Bertz CT molecular complexity index is 499. The average Bonchev–Trinajstić information content (AvgIpc) is 2.52. The molecule has 1 atom stereocenters. The van der Waals surface area contributed by atoms with Crippen molar-refractivity contribution in [1.82, 2.24) is 0 Å². The van der Waals surface area contributed by atoms with Crippen molar-refractivity contribution in [1.29, 1.82) is 0 Å². The van der Waals surface area contributed by atoms with Gasteiger partial charge in [-0.05, 0) is 17.0 Å². The molecule has 96 valence electrons. The monoisotopic (exact) mass is 245 g/mol. The molecule has 0 unspecified atom stereocenters. The fourth-order valence-corrected chi connectivity index (χ4v) is 2.34. The zero-order valence-electron chi connectivity index (χ0n) is 11.4. The number of hydrogen-bond acceptors (Lipinski definition) is 2. The average molecular weight is 245 g/mol. The Labute approximate surface area is 108 Å². The van der Waals surface area contributed by atoms with E-state index in [4.69, 9.17) is 0 Å². The Morgan fingerprint density at radius 1 is 1.17 bits per heavy atom. The Hall–Kier alpha value is -1.64. The van der Waals surface area contributed by atoms with E-state index in [1.807, 2.05) is 24.3 Å². The van der Waals surface area contributed by atoms with Crippen LogP contribution in [-0.2, 0) is 15.0 Å². The summed E-state index contributed by atoms with van der Waals surface area (Å²) in [5.41, 5.74) is 1.67. The van der Waals surface area contributed by atoms with Crippen molar-refractivity contribution in [2.45, 2.75) is 39.5 Å². The van der Waals surface area contributed by atoms with Crippen molar-refractivity contribution >= 4 is 17.5 Å². The number of hydrogen-bond donors (Lipinski definition) is 0. The standard InChI is InChI=1S/C15H19NO2/c1-10-9-13(17)16(14(10)18)12-8-6-5-7-11(12)15(2,3)4/h5-8,10H,9H2,1-4H3/t10-/m0/s1. The zero-order chi connectivity index (χ0) is 13.5. The normalized spacial score (nSPS) is 20.7. The van der Waals surface area contributed by atoms with Crippen LogP contribution in [0.5, 0.6) is 0 Å².